The third kappa shape index (κ3) is 5.33. The third-order valence-corrected chi connectivity index (χ3v) is 8.27. The maximum Gasteiger partial charge on any atom is 0.267 e. The molecule has 2 aliphatic heterocycles. The van der Waals surface area contributed by atoms with E-state index in [0.717, 1.165) is 30.5 Å². The summed E-state index contributed by atoms with van der Waals surface area (Å²) in [5, 5.41) is 0. The van der Waals surface area contributed by atoms with Gasteiger partial charge in [-0.15, -0.1) is 0 Å². The number of nitrogens with zero attached hydrogens (tertiary/aromatic N) is 5. The van der Waals surface area contributed by atoms with Crippen LogP contribution in [-0.2, 0) is 4.79 Å². The predicted octanol–water partition coefficient (Wildman–Crippen LogP) is 4.86. The third-order valence-electron chi connectivity index (χ3n) is 6.89. The van der Waals surface area contributed by atoms with Gasteiger partial charge in [0.1, 0.15) is 21.6 Å². The molecule has 0 saturated carbocycles. The van der Waals surface area contributed by atoms with Crippen LogP contribution in [-0.4, -0.2) is 57.2 Å². The number of pyridine rings is 1. The molecule has 0 unspecified atom stereocenters. The Hall–Kier alpha value is -3.24. The molecule has 198 valence electrons. The minimum atomic E-state index is -0.260. The second-order valence-electron chi connectivity index (χ2n) is 9.58. The quantitative estimate of drug-likeness (QED) is 0.236. The summed E-state index contributed by atoms with van der Waals surface area (Å²) in [5.41, 5.74) is 2.62. The highest BCUT2D eigenvalue weighted by Gasteiger charge is 2.33. The van der Waals surface area contributed by atoms with Crippen molar-refractivity contribution < 1.29 is 9.18 Å². The SMILES string of the molecule is CCCCCN1C(=O)/C(=C/c2c(N3CCN(c4ccc(F)cc4)CC3)nc3ccc(C)cn3c2=O)SC1=S. The maximum atomic E-state index is 13.8. The van der Waals surface area contributed by atoms with E-state index in [9.17, 15) is 14.0 Å². The molecular formula is C28H30FN5O2S2. The summed E-state index contributed by atoms with van der Waals surface area (Å²) in [7, 11) is 0. The number of carbonyl (C=O) groups excluding carboxylic acids is 1. The van der Waals surface area contributed by atoms with Gasteiger partial charge in [0.15, 0.2) is 0 Å². The van der Waals surface area contributed by atoms with Crippen molar-refractivity contribution in [1.29, 1.82) is 0 Å². The Morgan fingerprint density at radius 2 is 1.74 bits per heavy atom. The standard InChI is InChI=1S/C28H30FN5O2S2/c1-3-4-5-12-33-27(36)23(38-28(33)37)17-22-25(30-24-11-6-19(2)18-34(24)26(22)35)32-15-13-31(14-16-32)21-9-7-20(29)8-10-21/h6-11,17-18H,3-5,12-16H2,1-2H3/b23-17-. The van der Waals surface area contributed by atoms with Crippen molar-refractivity contribution in [2.75, 3.05) is 42.5 Å². The van der Waals surface area contributed by atoms with E-state index in [2.05, 4.69) is 16.7 Å². The molecule has 2 aromatic heterocycles. The zero-order valence-electron chi connectivity index (χ0n) is 21.5. The van der Waals surface area contributed by atoms with Gasteiger partial charge in [-0.25, -0.2) is 9.37 Å². The Morgan fingerprint density at radius 1 is 1.03 bits per heavy atom. The maximum absolute atomic E-state index is 13.8. The molecule has 2 saturated heterocycles. The summed E-state index contributed by atoms with van der Waals surface area (Å²) in [6, 6.07) is 10.3. The van der Waals surface area contributed by atoms with Crippen LogP contribution in [0.25, 0.3) is 11.7 Å². The minimum absolute atomic E-state index is 0.156. The molecule has 0 radical (unpaired) electrons. The summed E-state index contributed by atoms with van der Waals surface area (Å²) < 4.78 is 15.5. The summed E-state index contributed by atoms with van der Waals surface area (Å²) in [6.45, 7) is 7.28. The fourth-order valence-electron chi connectivity index (χ4n) is 4.79. The number of thioether (sulfide) groups is 1. The molecule has 38 heavy (non-hydrogen) atoms. The zero-order chi connectivity index (χ0) is 26.8. The van der Waals surface area contributed by atoms with Gasteiger partial charge < -0.3 is 9.80 Å². The molecule has 5 rings (SSSR count). The molecule has 10 heteroatoms. The van der Waals surface area contributed by atoms with E-state index in [1.807, 2.05) is 19.1 Å². The lowest BCUT2D eigenvalue weighted by atomic mass is 10.2. The van der Waals surface area contributed by atoms with Gasteiger partial charge >= 0.3 is 0 Å². The molecule has 0 aliphatic carbocycles. The van der Waals surface area contributed by atoms with Gasteiger partial charge in [0.2, 0.25) is 0 Å². The van der Waals surface area contributed by atoms with Crippen molar-refractivity contribution in [3.05, 3.63) is 74.8 Å². The van der Waals surface area contributed by atoms with Gasteiger partial charge in [-0.2, -0.15) is 0 Å². The number of hydrogen-bond acceptors (Lipinski definition) is 7. The average molecular weight is 552 g/mol. The molecular weight excluding hydrogens is 521 g/mol. The smallest absolute Gasteiger partial charge is 0.267 e. The highest BCUT2D eigenvalue weighted by Crippen LogP contribution is 2.34. The molecule has 0 spiro atoms. The van der Waals surface area contributed by atoms with Gasteiger partial charge in [0.05, 0.1) is 10.5 Å². The summed E-state index contributed by atoms with van der Waals surface area (Å²) >= 11 is 6.74. The number of hydrogen-bond donors (Lipinski definition) is 0. The zero-order valence-corrected chi connectivity index (χ0v) is 23.2. The summed E-state index contributed by atoms with van der Waals surface area (Å²) in [6.07, 6.45) is 6.42. The number of aromatic nitrogens is 2. The Labute approximate surface area is 230 Å². The normalized spacial score (nSPS) is 17.3. The Bertz CT molecular complexity index is 1460. The van der Waals surface area contributed by atoms with Crippen molar-refractivity contribution in [3.8, 4) is 0 Å². The molecule has 7 nitrogen and oxygen atoms in total. The lowest BCUT2D eigenvalue weighted by molar-refractivity contribution is -0.122. The van der Waals surface area contributed by atoms with Crippen molar-refractivity contribution >= 4 is 57.4 Å². The highest BCUT2D eigenvalue weighted by atomic mass is 32.2. The average Bonchev–Trinajstić information content (AvgIpc) is 3.18. The van der Waals surface area contributed by atoms with Gasteiger partial charge in [0.25, 0.3) is 11.5 Å². The fourth-order valence-corrected chi connectivity index (χ4v) is 6.08. The molecule has 1 aromatic carbocycles. The predicted molar refractivity (Wildman–Crippen MR) is 156 cm³/mol. The van der Waals surface area contributed by atoms with Crippen LogP contribution in [0.1, 0.15) is 37.3 Å². The van der Waals surface area contributed by atoms with E-state index in [1.165, 1.54) is 23.9 Å². The first-order valence-corrected chi connectivity index (χ1v) is 14.1. The lowest BCUT2D eigenvalue weighted by Crippen LogP contribution is -2.47. The Kier molecular flexibility index (Phi) is 7.80. The largest absolute Gasteiger partial charge is 0.368 e. The van der Waals surface area contributed by atoms with E-state index >= 15 is 0 Å². The second-order valence-corrected chi connectivity index (χ2v) is 11.3. The first kappa shape index (κ1) is 26.4. The molecule has 0 atom stereocenters. The van der Waals surface area contributed by atoms with Gasteiger partial charge in [-0.1, -0.05) is 49.8 Å². The Morgan fingerprint density at radius 3 is 2.45 bits per heavy atom. The van der Waals surface area contributed by atoms with Crippen molar-refractivity contribution in [2.45, 2.75) is 33.1 Å². The van der Waals surface area contributed by atoms with Crippen molar-refractivity contribution in [3.63, 3.8) is 0 Å². The summed E-state index contributed by atoms with van der Waals surface area (Å²) in [4.78, 5) is 38.2. The number of rotatable bonds is 7. The number of piperazine rings is 1. The number of thiocarbonyl (C=S) groups is 1. The summed E-state index contributed by atoms with van der Waals surface area (Å²) in [5.74, 6) is 0.148. The van der Waals surface area contributed by atoms with Crippen LogP contribution < -0.4 is 15.4 Å². The number of aryl methyl sites for hydroxylation is 1. The number of halogens is 1. The van der Waals surface area contributed by atoms with Crippen LogP contribution in [0.5, 0.6) is 0 Å². The molecule has 1 amide bonds. The van der Waals surface area contributed by atoms with E-state index in [1.54, 1.807) is 33.7 Å². The molecule has 2 aliphatic rings. The van der Waals surface area contributed by atoms with E-state index in [-0.39, 0.29) is 17.3 Å². The second kappa shape index (κ2) is 11.2. The van der Waals surface area contributed by atoms with Crippen LogP contribution >= 0.6 is 24.0 Å². The monoisotopic (exact) mass is 551 g/mol. The number of unbranched alkanes of at least 4 members (excludes halogenated alkanes) is 2. The topological polar surface area (TPSA) is 61.2 Å². The van der Waals surface area contributed by atoms with E-state index in [4.69, 9.17) is 17.2 Å². The van der Waals surface area contributed by atoms with E-state index < -0.39 is 0 Å². The van der Waals surface area contributed by atoms with Crippen LogP contribution in [0.2, 0.25) is 0 Å². The lowest BCUT2D eigenvalue weighted by Gasteiger charge is -2.37. The van der Waals surface area contributed by atoms with Gasteiger partial charge in [-0.3, -0.25) is 18.9 Å². The molecule has 3 aromatic rings. The van der Waals surface area contributed by atoms with Crippen LogP contribution in [0.15, 0.2) is 52.3 Å². The molecule has 0 N–H and O–H groups in total. The Balaban J connectivity index is 1.49. The van der Waals surface area contributed by atoms with E-state index in [0.29, 0.717) is 59.0 Å². The number of anilines is 2. The first-order chi connectivity index (χ1) is 18.4. The molecule has 2 fully saturated rings. The van der Waals surface area contributed by atoms with Crippen molar-refractivity contribution in [1.82, 2.24) is 14.3 Å². The highest BCUT2D eigenvalue weighted by molar-refractivity contribution is 8.26. The van der Waals surface area contributed by atoms with Gasteiger partial charge in [0, 0.05) is 44.6 Å². The van der Waals surface area contributed by atoms with Crippen LogP contribution in [0.4, 0.5) is 15.9 Å². The minimum Gasteiger partial charge on any atom is -0.368 e. The fraction of sp³-hybridized carbons (Fsp3) is 0.357. The molecule has 4 heterocycles. The molecule has 0 bridgehead atoms. The number of carbonyl (C=O) groups is 1. The number of benzene rings is 1. The van der Waals surface area contributed by atoms with Crippen molar-refractivity contribution in [2.24, 2.45) is 0 Å². The van der Waals surface area contributed by atoms with Crippen LogP contribution in [0.3, 0.4) is 0 Å². The number of fused-ring (bicyclic) bond motifs is 1. The van der Waals surface area contributed by atoms with Gasteiger partial charge in [-0.05, 0) is 55.3 Å². The first-order valence-electron chi connectivity index (χ1n) is 12.9. The van der Waals surface area contributed by atoms with Crippen LogP contribution in [0, 0.1) is 12.7 Å². The number of amides is 1.